The summed E-state index contributed by atoms with van der Waals surface area (Å²) in [5.41, 5.74) is 0. The number of aliphatic hydroxyl groups is 2. The molecule has 0 aromatic heterocycles. The molecule has 480 valence electrons. The molecular formula is C75H145NO5. The predicted molar refractivity (Wildman–Crippen MR) is 356 cm³/mol. The van der Waals surface area contributed by atoms with Gasteiger partial charge in [0.2, 0.25) is 5.91 Å². The van der Waals surface area contributed by atoms with Gasteiger partial charge in [-0.3, -0.25) is 9.59 Å². The second-order valence-electron chi connectivity index (χ2n) is 25.6. The largest absolute Gasteiger partial charge is 0.466 e. The van der Waals surface area contributed by atoms with E-state index in [1.54, 1.807) is 0 Å². The topological polar surface area (TPSA) is 95.9 Å². The van der Waals surface area contributed by atoms with Crippen LogP contribution in [0.3, 0.4) is 0 Å². The van der Waals surface area contributed by atoms with Crippen LogP contribution in [0, 0.1) is 0 Å². The molecule has 0 fully saturated rings. The molecule has 6 nitrogen and oxygen atoms in total. The molecular weight excluding hydrogens is 995 g/mol. The highest BCUT2D eigenvalue weighted by Crippen LogP contribution is 2.20. The lowest BCUT2D eigenvalue weighted by atomic mass is 10.0. The maximum Gasteiger partial charge on any atom is 0.305 e. The Labute approximate surface area is 507 Å². The first-order chi connectivity index (χ1) is 40.0. The van der Waals surface area contributed by atoms with E-state index in [-0.39, 0.29) is 18.5 Å². The number of esters is 1. The first kappa shape index (κ1) is 79.3. The van der Waals surface area contributed by atoms with E-state index in [0.717, 1.165) is 51.4 Å². The van der Waals surface area contributed by atoms with Crippen LogP contribution in [0.25, 0.3) is 0 Å². The van der Waals surface area contributed by atoms with E-state index < -0.39 is 12.1 Å². The number of hydrogen-bond acceptors (Lipinski definition) is 5. The number of allylic oxidation sites excluding steroid dienone is 4. The van der Waals surface area contributed by atoms with E-state index in [1.165, 1.54) is 334 Å². The van der Waals surface area contributed by atoms with Crippen molar-refractivity contribution in [1.82, 2.24) is 5.32 Å². The fourth-order valence-electron chi connectivity index (χ4n) is 11.9. The van der Waals surface area contributed by atoms with Crippen molar-refractivity contribution >= 4 is 11.9 Å². The summed E-state index contributed by atoms with van der Waals surface area (Å²) in [5.74, 6) is -0.0208. The molecule has 0 bridgehead atoms. The second-order valence-corrected chi connectivity index (χ2v) is 25.6. The highest BCUT2D eigenvalue weighted by Gasteiger charge is 2.20. The number of rotatable bonds is 70. The van der Waals surface area contributed by atoms with Gasteiger partial charge < -0.3 is 20.3 Å². The zero-order chi connectivity index (χ0) is 58.5. The number of amides is 1. The lowest BCUT2D eigenvalue weighted by Crippen LogP contribution is -2.45. The lowest BCUT2D eigenvalue weighted by molar-refractivity contribution is -0.143. The van der Waals surface area contributed by atoms with Crippen molar-refractivity contribution in [3.8, 4) is 0 Å². The van der Waals surface area contributed by atoms with Gasteiger partial charge in [-0.1, -0.05) is 378 Å². The van der Waals surface area contributed by atoms with Crippen molar-refractivity contribution in [3.63, 3.8) is 0 Å². The third-order valence-corrected chi connectivity index (χ3v) is 17.5. The maximum atomic E-state index is 12.6. The predicted octanol–water partition coefficient (Wildman–Crippen LogP) is 24.1. The molecule has 0 aromatic rings. The van der Waals surface area contributed by atoms with Gasteiger partial charge in [0, 0.05) is 12.8 Å². The molecule has 81 heavy (non-hydrogen) atoms. The molecule has 0 rings (SSSR count). The molecule has 0 aromatic carbocycles. The highest BCUT2D eigenvalue weighted by atomic mass is 16.5. The van der Waals surface area contributed by atoms with Crippen molar-refractivity contribution in [2.75, 3.05) is 13.2 Å². The number of carbonyl (C=O) groups is 2. The van der Waals surface area contributed by atoms with Crippen LogP contribution in [0.5, 0.6) is 0 Å². The molecule has 6 heteroatoms. The minimum Gasteiger partial charge on any atom is -0.466 e. The van der Waals surface area contributed by atoms with Gasteiger partial charge in [-0.05, 0) is 51.4 Å². The van der Waals surface area contributed by atoms with Crippen molar-refractivity contribution in [3.05, 3.63) is 24.3 Å². The molecule has 2 atom stereocenters. The van der Waals surface area contributed by atoms with E-state index in [2.05, 4.69) is 43.5 Å². The van der Waals surface area contributed by atoms with Gasteiger partial charge in [-0.15, -0.1) is 0 Å². The van der Waals surface area contributed by atoms with Crippen LogP contribution in [0.4, 0.5) is 0 Å². The molecule has 0 aliphatic carbocycles. The Morgan fingerprint density at radius 3 is 0.988 bits per heavy atom. The molecule has 0 heterocycles. The van der Waals surface area contributed by atoms with Crippen LogP contribution in [-0.4, -0.2) is 47.4 Å². The Bertz CT molecular complexity index is 1270. The Morgan fingerprint density at radius 2 is 0.642 bits per heavy atom. The summed E-state index contributed by atoms with van der Waals surface area (Å²) in [4.78, 5) is 24.6. The van der Waals surface area contributed by atoms with Gasteiger partial charge in [0.1, 0.15) is 0 Å². The molecule has 0 radical (unpaired) electrons. The van der Waals surface area contributed by atoms with Crippen LogP contribution >= 0.6 is 0 Å². The molecule has 0 spiro atoms. The first-order valence-electron chi connectivity index (χ1n) is 37.1. The normalized spacial score (nSPS) is 12.6. The zero-order valence-corrected chi connectivity index (χ0v) is 55.0. The molecule has 0 saturated carbocycles. The summed E-state index contributed by atoms with van der Waals surface area (Å²) in [6.07, 6.45) is 89.6. The number of hydrogen-bond donors (Lipinski definition) is 3. The van der Waals surface area contributed by atoms with Crippen LogP contribution < -0.4 is 5.32 Å². The molecule has 1 amide bonds. The van der Waals surface area contributed by atoms with E-state index >= 15 is 0 Å². The van der Waals surface area contributed by atoms with Crippen molar-refractivity contribution in [1.29, 1.82) is 0 Å². The molecule has 0 aliphatic rings. The number of ether oxygens (including phenoxy) is 1. The van der Waals surface area contributed by atoms with Crippen LogP contribution in [0.2, 0.25) is 0 Å². The molecule has 0 saturated heterocycles. The summed E-state index contributed by atoms with van der Waals surface area (Å²) >= 11 is 0. The number of aliphatic hydroxyl groups excluding tert-OH is 2. The van der Waals surface area contributed by atoms with E-state index in [1.807, 2.05) is 0 Å². The fourth-order valence-corrected chi connectivity index (χ4v) is 11.9. The Morgan fingerprint density at radius 1 is 0.346 bits per heavy atom. The van der Waals surface area contributed by atoms with Gasteiger partial charge >= 0.3 is 5.97 Å². The van der Waals surface area contributed by atoms with Gasteiger partial charge in [0.15, 0.2) is 0 Å². The molecule has 3 N–H and O–H groups in total. The van der Waals surface area contributed by atoms with Crippen molar-refractivity contribution < 1.29 is 24.5 Å². The van der Waals surface area contributed by atoms with E-state index in [4.69, 9.17) is 4.74 Å². The maximum absolute atomic E-state index is 12.6. The first-order valence-corrected chi connectivity index (χ1v) is 37.1. The zero-order valence-electron chi connectivity index (χ0n) is 55.0. The summed E-state index contributed by atoms with van der Waals surface area (Å²) in [6.45, 7) is 4.93. The lowest BCUT2D eigenvalue weighted by Gasteiger charge is -2.22. The summed E-state index contributed by atoms with van der Waals surface area (Å²) < 4.78 is 5.48. The minimum atomic E-state index is -0.662. The monoisotopic (exact) mass is 1140 g/mol. The molecule has 0 aliphatic heterocycles. The van der Waals surface area contributed by atoms with E-state index in [9.17, 15) is 19.8 Å². The summed E-state index contributed by atoms with van der Waals surface area (Å²) in [5, 5.41) is 23.4. The number of carbonyl (C=O) groups excluding carboxylic acids is 2. The SMILES string of the molecule is CCC/C=C\C/C=C\CCCCCCCC(=O)OCCCCCCCCCCCCCCCCCCCCCCCCCCCCCCCCC(=O)NC(CO)C(O)CCCCCCCCCCCCCCCCCCCCCCC. The van der Waals surface area contributed by atoms with Crippen LogP contribution in [0.15, 0.2) is 24.3 Å². The molecule has 2 unspecified atom stereocenters. The third kappa shape index (κ3) is 67.3. The minimum absolute atomic E-state index is 0.00544. The summed E-state index contributed by atoms with van der Waals surface area (Å²) in [7, 11) is 0. The standard InChI is InChI=1S/C75H145NO5/c1-3-5-7-9-11-13-15-17-18-19-20-31-34-37-40-44-47-51-55-59-63-67-73(78)72(71-77)76-74(79)68-64-60-56-52-48-45-41-38-35-32-29-27-25-23-21-22-24-26-28-30-33-36-39-42-46-50-54-58-62-66-70-81-75(80)69-65-61-57-53-49-43-16-14-12-10-8-6-4-2/h8,10,14,16,72-73,77-78H,3-7,9,11-13,15,17-71H2,1-2H3,(H,76,79)/b10-8-,16-14-. The smallest absolute Gasteiger partial charge is 0.305 e. The quantitative estimate of drug-likeness (QED) is 0.0320. The van der Waals surface area contributed by atoms with Crippen molar-refractivity contribution in [2.45, 2.75) is 431 Å². The van der Waals surface area contributed by atoms with Crippen molar-refractivity contribution in [2.24, 2.45) is 0 Å². The van der Waals surface area contributed by atoms with Crippen LogP contribution in [-0.2, 0) is 14.3 Å². The van der Waals surface area contributed by atoms with E-state index in [0.29, 0.717) is 25.9 Å². The average Bonchev–Trinajstić information content (AvgIpc) is 3.47. The third-order valence-electron chi connectivity index (χ3n) is 17.5. The second kappa shape index (κ2) is 70.8. The van der Waals surface area contributed by atoms with Gasteiger partial charge in [0.25, 0.3) is 0 Å². The Hall–Kier alpha value is -1.66. The highest BCUT2D eigenvalue weighted by molar-refractivity contribution is 5.76. The Kier molecular flexibility index (Phi) is 69.4. The number of unbranched alkanes of at least 4 members (excludes halogenated alkanes) is 55. The van der Waals surface area contributed by atoms with Crippen LogP contribution in [0.1, 0.15) is 418 Å². The Balaban J connectivity index is 3.34. The van der Waals surface area contributed by atoms with Gasteiger partial charge in [0.05, 0.1) is 25.4 Å². The summed E-state index contributed by atoms with van der Waals surface area (Å²) in [6, 6.07) is -0.539. The van der Waals surface area contributed by atoms with Gasteiger partial charge in [-0.25, -0.2) is 0 Å². The number of nitrogens with one attached hydrogen (secondary N) is 1. The van der Waals surface area contributed by atoms with Gasteiger partial charge in [-0.2, -0.15) is 0 Å². The fraction of sp³-hybridized carbons (Fsp3) is 0.920. The average molecular weight is 1140 g/mol.